The highest BCUT2D eigenvalue weighted by Gasteiger charge is 2.02. The van der Waals surface area contributed by atoms with Gasteiger partial charge in [-0.3, -0.25) is 10.1 Å². The van der Waals surface area contributed by atoms with Crippen LogP contribution in [0.5, 0.6) is 0 Å². The largest absolute Gasteiger partial charge is 0.360 e. The number of aromatic amines is 1. The third kappa shape index (κ3) is 1.74. The zero-order chi connectivity index (χ0) is 10.8. The quantitative estimate of drug-likeness (QED) is 0.601. The Morgan fingerprint density at radius 1 is 1.47 bits per heavy atom. The second-order valence-corrected chi connectivity index (χ2v) is 3.34. The van der Waals surface area contributed by atoms with Crippen molar-refractivity contribution in [1.82, 2.24) is 4.98 Å². The molecule has 1 heterocycles. The lowest BCUT2D eigenvalue weighted by Gasteiger charge is -1.94. The van der Waals surface area contributed by atoms with Gasteiger partial charge in [-0.15, -0.1) is 0 Å². The van der Waals surface area contributed by atoms with Crippen molar-refractivity contribution in [2.24, 2.45) is 0 Å². The molecule has 2 aromatic rings. The maximum absolute atomic E-state index is 10.2. The van der Waals surface area contributed by atoms with E-state index in [4.69, 9.17) is 0 Å². The molecule has 2 rings (SSSR count). The van der Waals surface area contributed by atoms with Crippen LogP contribution in [-0.2, 0) is 0 Å². The Morgan fingerprint density at radius 2 is 2.27 bits per heavy atom. The fraction of sp³-hybridized carbons (Fsp3) is 0.0909. The molecule has 76 valence electrons. The van der Waals surface area contributed by atoms with Crippen molar-refractivity contribution in [2.45, 2.75) is 6.92 Å². The van der Waals surface area contributed by atoms with Crippen LogP contribution in [-0.4, -0.2) is 9.91 Å². The first kappa shape index (κ1) is 9.45. The molecule has 0 saturated carbocycles. The Morgan fingerprint density at radius 3 is 3.00 bits per heavy atom. The molecule has 0 unspecified atom stereocenters. The van der Waals surface area contributed by atoms with Crippen LogP contribution in [0.4, 0.5) is 0 Å². The second-order valence-electron chi connectivity index (χ2n) is 3.34. The van der Waals surface area contributed by atoms with Gasteiger partial charge in [0.05, 0.1) is 4.92 Å². The number of nitrogens with zero attached hydrogens (tertiary/aromatic N) is 1. The highest BCUT2D eigenvalue weighted by Crippen LogP contribution is 2.21. The van der Waals surface area contributed by atoms with Gasteiger partial charge in [-0.25, -0.2) is 0 Å². The van der Waals surface area contributed by atoms with Crippen LogP contribution < -0.4 is 0 Å². The van der Waals surface area contributed by atoms with Gasteiger partial charge in [0, 0.05) is 28.7 Å². The number of hydrogen-bond donors (Lipinski definition) is 1. The van der Waals surface area contributed by atoms with Crippen molar-refractivity contribution in [2.75, 3.05) is 0 Å². The lowest BCUT2D eigenvalue weighted by Crippen LogP contribution is -1.81. The van der Waals surface area contributed by atoms with Gasteiger partial charge in [-0.2, -0.15) is 0 Å². The zero-order valence-corrected chi connectivity index (χ0v) is 8.23. The van der Waals surface area contributed by atoms with E-state index in [1.54, 1.807) is 6.20 Å². The van der Waals surface area contributed by atoms with Crippen LogP contribution in [0, 0.1) is 17.0 Å². The molecule has 0 aliphatic carbocycles. The molecular formula is C11H10N2O2. The molecule has 4 nitrogen and oxygen atoms in total. The molecule has 0 spiro atoms. The average Bonchev–Trinajstić information content (AvgIpc) is 2.59. The topological polar surface area (TPSA) is 58.9 Å². The summed E-state index contributed by atoms with van der Waals surface area (Å²) in [6, 6.07) is 5.88. The highest BCUT2D eigenvalue weighted by molar-refractivity contribution is 5.90. The number of para-hydroxylation sites is 1. The summed E-state index contributed by atoms with van der Waals surface area (Å²) in [5.41, 5.74) is 3.00. The van der Waals surface area contributed by atoms with Gasteiger partial charge in [0.2, 0.25) is 6.20 Å². The number of aryl methyl sites for hydroxylation is 1. The SMILES string of the molecule is Cc1cccc2c(/C=C/[N+](=O)[O-])c[nH]c12. The van der Waals surface area contributed by atoms with Gasteiger partial charge < -0.3 is 4.98 Å². The summed E-state index contributed by atoms with van der Waals surface area (Å²) in [6.07, 6.45) is 4.22. The highest BCUT2D eigenvalue weighted by atomic mass is 16.6. The molecule has 0 atom stereocenters. The molecule has 0 bridgehead atoms. The van der Waals surface area contributed by atoms with E-state index in [-0.39, 0.29) is 0 Å². The van der Waals surface area contributed by atoms with E-state index < -0.39 is 4.92 Å². The van der Waals surface area contributed by atoms with Crippen LogP contribution >= 0.6 is 0 Å². The molecule has 0 fully saturated rings. The lowest BCUT2D eigenvalue weighted by molar-refractivity contribution is -0.400. The van der Waals surface area contributed by atoms with Crippen LogP contribution in [0.25, 0.3) is 17.0 Å². The molecule has 0 aliphatic heterocycles. The molecule has 0 amide bonds. The Balaban J connectivity index is 2.54. The number of nitrogens with one attached hydrogen (secondary N) is 1. The monoisotopic (exact) mass is 202 g/mol. The second kappa shape index (κ2) is 3.57. The minimum absolute atomic E-state index is 0.464. The van der Waals surface area contributed by atoms with Crippen molar-refractivity contribution in [3.05, 3.63) is 51.8 Å². The van der Waals surface area contributed by atoms with Crippen LogP contribution in [0.1, 0.15) is 11.1 Å². The molecule has 1 N–H and O–H groups in total. The number of aromatic nitrogens is 1. The predicted octanol–water partition coefficient (Wildman–Crippen LogP) is 2.72. The van der Waals surface area contributed by atoms with Crippen molar-refractivity contribution in [3.8, 4) is 0 Å². The lowest BCUT2D eigenvalue weighted by atomic mass is 10.1. The molecule has 15 heavy (non-hydrogen) atoms. The zero-order valence-electron chi connectivity index (χ0n) is 8.23. The maximum atomic E-state index is 10.2. The summed E-state index contributed by atoms with van der Waals surface area (Å²) in [5, 5.41) is 11.2. The Hall–Kier alpha value is -2.10. The Labute approximate surface area is 86.4 Å². The van der Waals surface area contributed by atoms with Crippen molar-refractivity contribution in [1.29, 1.82) is 0 Å². The number of benzene rings is 1. The van der Waals surface area contributed by atoms with E-state index >= 15 is 0 Å². The minimum atomic E-state index is -0.464. The summed E-state index contributed by atoms with van der Waals surface area (Å²) in [4.78, 5) is 12.8. The first-order chi connectivity index (χ1) is 7.18. The molecule has 1 aromatic carbocycles. The smallest absolute Gasteiger partial charge is 0.235 e. The van der Waals surface area contributed by atoms with E-state index in [1.165, 1.54) is 6.08 Å². The number of nitro groups is 1. The Kier molecular flexibility index (Phi) is 2.25. The molecule has 0 aliphatic rings. The number of H-pyrrole nitrogens is 1. The van der Waals surface area contributed by atoms with Gasteiger partial charge in [0.15, 0.2) is 0 Å². The number of rotatable bonds is 2. The van der Waals surface area contributed by atoms with Gasteiger partial charge in [-0.05, 0) is 12.5 Å². The van der Waals surface area contributed by atoms with Crippen molar-refractivity contribution >= 4 is 17.0 Å². The molecule has 1 aromatic heterocycles. The van der Waals surface area contributed by atoms with E-state index in [9.17, 15) is 10.1 Å². The maximum Gasteiger partial charge on any atom is 0.235 e. The first-order valence-electron chi connectivity index (χ1n) is 4.57. The summed E-state index contributed by atoms with van der Waals surface area (Å²) in [5.74, 6) is 0. The van der Waals surface area contributed by atoms with E-state index in [0.29, 0.717) is 0 Å². The molecular weight excluding hydrogens is 192 g/mol. The third-order valence-electron chi connectivity index (χ3n) is 2.33. The van der Waals surface area contributed by atoms with E-state index in [1.807, 2.05) is 25.1 Å². The minimum Gasteiger partial charge on any atom is -0.360 e. The van der Waals surface area contributed by atoms with Gasteiger partial charge in [0.25, 0.3) is 0 Å². The van der Waals surface area contributed by atoms with E-state index in [2.05, 4.69) is 4.98 Å². The van der Waals surface area contributed by atoms with Crippen LogP contribution in [0.15, 0.2) is 30.6 Å². The standard InChI is InChI=1S/C11H10N2O2/c1-8-3-2-4-10-9(5-6-13(14)15)7-12-11(8)10/h2-7,12H,1H3/b6-5+. The van der Waals surface area contributed by atoms with Crippen LogP contribution in [0.2, 0.25) is 0 Å². The molecule has 0 saturated heterocycles. The normalized spacial score (nSPS) is 11.3. The number of hydrogen-bond acceptors (Lipinski definition) is 2. The van der Waals surface area contributed by atoms with Crippen molar-refractivity contribution in [3.63, 3.8) is 0 Å². The number of fused-ring (bicyclic) bond motifs is 1. The predicted molar refractivity (Wildman–Crippen MR) is 59.1 cm³/mol. The third-order valence-corrected chi connectivity index (χ3v) is 2.33. The summed E-state index contributed by atoms with van der Waals surface area (Å²) >= 11 is 0. The van der Waals surface area contributed by atoms with E-state index in [0.717, 1.165) is 28.2 Å². The van der Waals surface area contributed by atoms with Crippen LogP contribution in [0.3, 0.4) is 0 Å². The first-order valence-corrected chi connectivity index (χ1v) is 4.57. The summed E-state index contributed by atoms with van der Waals surface area (Å²) in [7, 11) is 0. The molecule has 4 heteroatoms. The van der Waals surface area contributed by atoms with Gasteiger partial charge in [0.1, 0.15) is 0 Å². The summed E-state index contributed by atoms with van der Waals surface area (Å²) < 4.78 is 0. The van der Waals surface area contributed by atoms with Gasteiger partial charge >= 0.3 is 0 Å². The Bertz CT molecular complexity index is 541. The average molecular weight is 202 g/mol. The van der Waals surface area contributed by atoms with Gasteiger partial charge in [-0.1, -0.05) is 18.2 Å². The fourth-order valence-electron chi connectivity index (χ4n) is 1.61. The van der Waals surface area contributed by atoms with Crippen molar-refractivity contribution < 1.29 is 4.92 Å². The fourth-order valence-corrected chi connectivity index (χ4v) is 1.61. The summed E-state index contributed by atoms with van der Waals surface area (Å²) in [6.45, 7) is 2.00. The molecule has 0 radical (unpaired) electrons.